The first-order chi connectivity index (χ1) is 11.7. The highest BCUT2D eigenvalue weighted by atomic mass is 16.5. The van der Waals surface area contributed by atoms with Crippen LogP contribution in [0.15, 0.2) is 47.4 Å². The first kappa shape index (κ1) is 14.1. The van der Waals surface area contributed by atoms with E-state index in [0.717, 1.165) is 11.0 Å². The van der Waals surface area contributed by atoms with Crippen LogP contribution in [-0.4, -0.2) is 37.2 Å². The van der Waals surface area contributed by atoms with Crippen molar-refractivity contribution in [3.05, 3.63) is 52.9 Å². The number of hydrogen-bond acceptors (Lipinski definition) is 6. The van der Waals surface area contributed by atoms with Crippen LogP contribution in [0, 0.1) is 0 Å². The molecule has 0 fully saturated rings. The van der Waals surface area contributed by atoms with Crippen LogP contribution < -0.4 is 10.3 Å². The van der Waals surface area contributed by atoms with Crippen molar-refractivity contribution in [3.63, 3.8) is 0 Å². The van der Waals surface area contributed by atoms with E-state index in [4.69, 9.17) is 4.74 Å². The minimum Gasteiger partial charge on any atom is -0.481 e. The van der Waals surface area contributed by atoms with Crippen molar-refractivity contribution in [1.82, 2.24) is 30.1 Å². The number of ether oxygens (including phenoxy) is 1. The number of rotatable bonds is 3. The number of aromatic nitrogens is 6. The summed E-state index contributed by atoms with van der Waals surface area (Å²) in [5.41, 5.74) is 2.07. The van der Waals surface area contributed by atoms with E-state index >= 15 is 0 Å². The topological polar surface area (TPSA) is 109 Å². The smallest absolute Gasteiger partial charge is 0.275 e. The first-order valence-electron chi connectivity index (χ1n) is 7.17. The molecule has 24 heavy (non-hydrogen) atoms. The molecule has 2 N–H and O–H groups in total. The molecule has 0 radical (unpaired) electrons. The van der Waals surface area contributed by atoms with Gasteiger partial charge in [0.2, 0.25) is 5.88 Å². The summed E-state index contributed by atoms with van der Waals surface area (Å²) in [5.74, 6) is 1.23. The lowest BCUT2D eigenvalue weighted by Crippen LogP contribution is -2.12. The summed E-state index contributed by atoms with van der Waals surface area (Å²) in [7, 11) is 1.52. The average Bonchev–Trinajstić information content (AvgIpc) is 3.06. The first-order valence-corrected chi connectivity index (χ1v) is 7.17. The summed E-state index contributed by atoms with van der Waals surface area (Å²) < 4.78 is 5.09. The molecule has 0 spiro atoms. The van der Waals surface area contributed by atoms with Crippen molar-refractivity contribution in [2.24, 2.45) is 0 Å². The standard InChI is InChI=1S/C16H12N6O2/c1-24-13-6-7-17-15(20-13)12-8-9(16(23)22-21-12)14-18-10-4-2-3-5-11(10)19-14/h2-8H,1H3,(H,18,19)(H,22,23). The van der Waals surface area contributed by atoms with Gasteiger partial charge in [-0.1, -0.05) is 12.1 Å². The van der Waals surface area contributed by atoms with Crippen molar-refractivity contribution in [3.8, 4) is 28.8 Å². The zero-order valence-corrected chi connectivity index (χ0v) is 12.6. The quantitative estimate of drug-likeness (QED) is 0.595. The number of para-hydroxylation sites is 2. The number of fused-ring (bicyclic) bond motifs is 1. The van der Waals surface area contributed by atoms with E-state index in [0.29, 0.717) is 28.8 Å². The largest absolute Gasteiger partial charge is 0.481 e. The highest BCUT2D eigenvalue weighted by Crippen LogP contribution is 2.20. The lowest BCUT2D eigenvalue weighted by Gasteiger charge is -2.03. The molecular weight excluding hydrogens is 308 g/mol. The summed E-state index contributed by atoms with van der Waals surface area (Å²) in [6.07, 6.45) is 1.56. The van der Waals surface area contributed by atoms with Crippen molar-refractivity contribution in [2.45, 2.75) is 0 Å². The zero-order valence-electron chi connectivity index (χ0n) is 12.6. The highest BCUT2D eigenvalue weighted by Gasteiger charge is 2.13. The molecule has 3 heterocycles. The summed E-state index contributed by atoms with van der Waals surface area (Å²) >= 11 is 0. The number of methoxy groups -OCH3 is 1. The van der Waals surface area contributed by atoms with Gasteiger partial charge in [0.25, 0.3) is 5.56 Å². The van der Waals surface area contributed by atoms with Crippen LogP contribution in [0.5, 0.6) is 5.88 Å². The fraction of sp³-hybridized carbons (Fsp3) is 0.0625. The van der Waals surface area contributed by atoms with Crippen LogP contribution in [0.4, 0.5) is 0 Å². The Morgan fingerprint density at radius 2 is 2.00 bits per heavy atom. The number of benzene rings is 1. The molecule has 8 nitrogen and oxygen atoms in total. The molecule has 118 valence electrons. The van der Waals surface area contributed by atoms with Gasteiger partial charge >= 0.3 is 0 Å². The molecule has 0 saturated carbocycles. The predicted octanol–water partition coefficient (Wildman–Crippen LogP) is 1.78. The summed E-state index contributed by atoms with van der Waals surface area (Å²) in [6, 6.07) is 10.8. The molecule has 0 aliphatic carbocycles. The van der Waals surface area contributed by atoms with Gasteiger partial charge in [-0.25, -0.2) is 15.1 Å². The Kier molecular flexibility index (Phi) is 3.27. The fourth-order valence-electron chi connectivity index (χ4n) is 2.36. The number of imidazole rings is 1. The van der Waals surface area contributed by atoms with Crippen molar-refractivity contribution < 1.29 is 4.74 Å². The Balaban J connectivity index is 1.85. The molecule has 0 saturated heterocycles. The molecule has 0 amide bonds. The molecular formula is C16H12N6O2. The van der Waals surface area contributed by atoms with Crippen LogP contribution in [0.2, 0.25) is 0 Å². The van der Waals surface area contributed by atoms with Gasteiger partial charge in [-0.2, -0.15) is 10.1 Å². The highest BCUT2D eigenvalue weighted by molar-refractivity contribution is 5.79. The van der Waals surface area contributed by atoms with Crippen molar-refractivity contribution in [1.29, 1.82) is 0 Å². The lowest BCUT2D eigenvalue weighted by atomic mass is 10.2. The summed E-state index contributed by atoms with van der Waals surface area (Å²) in [6.45, 7) is 0. The van der Waals surface area contributed by atoms with Gasteiger partial charge in [0.1, 0.15) is 11.5 Å². The molecule has 0 unspecified atom stereocenters. The maximum absolute atomic E-state index is 12.2. The second-order valence-corrected chi connectivity index (χ2v) is 5.02. The average molecular weight is 320 g/mol. The summed E-state index contributed by atoms with van der Waals surface area (Å²) in [5, 5.41) is 6.47. The van der Waals surface area contributed by atoms with E-state index in [1.54, 1.807) is 18.3 Å². The molecule has 4 rings (SSSR count). The minimum atomic E-state index is -0.347. The van der Waals surface area contributed by atoms with Crippen LogP contribution in [0.25, 0.3) is 33.9 Å². The van der Waals surface area contributed by atoms with Crippen LogP contribution >= 0.6 is 0 Å². The minimum absolute atomic E-state index is 0.347. The van der Waals surface area contributed by atoms with Crippen molar-refractivity contribution in [2.75, 3.05) is 7.11 Å². The second kappa shape index (κ2) is 5.58. The zero-order chi connectivity index (χ0) is 16.5. The Bertz CT molecular complexity index is 1050. The number of nitrogens with one attached hydrogen (secondary N) is 2. The van der Waals surface area contributed by atoms with E-state index < -0.39 is 0 Å². The van der Waals surface area contributed by atoms with Gasteiger partial charge < -0.3 is 9.72 Å². The van der Waals surface area contributed by atoms with Gasteiger partial charge in [0.05, 0.1) is 23.7 Å². The number of hydrogen-bond donors (Lipinski definition) is 2. The Morgan fingerprint density at radius 1 is 1.12 bits per heavy atom. The lowest BCUT2D eigenvalue weighted by molar-refractivity contribution is 0.397. The molecule has 4 aromatic rings. The molecule has 0 aliphatic rings. The Morgan fingerprint density at radius 3 is 2.83 bits per heavy atom. The van der Waals surface area contributed by atoms with E-state index in [2.05, 4.69) is 30.1 Å². The SMILES string of the molecule is COc1ccnc(-c2cc(-c3nc4ccccc4[nH]3)c(=O)[nH]n2)n1. The molecule has 0 aliphatic heterocycles. The normalized spacial score (nSPS) is 10.9. The summed E-state index contributed by atoms with van der Waals surface area (Å²) in [4.78, 5) is 28.1. The van der Waals surface area contributed by atoms with Crippen LogP contribution in [0.1, 0.15) is 0 Å². The number of nitrogens with zero attached hydrogens (tertiary/aromatic N) is 4. The predicted molar refractivity (Wildman–Crippen MR) is 87.5 cm³/mol. The molecule has 0 bridgehead atoms. The van der Waals surface area contributed by atoms with E-state index in [-0.39, 0.29) is 5.56 Å². The maximum atomic E-state index is 12.2. The van der Waals surface area contributed by atoms with Crippen molar-refractivity contribution >= 4 is 11.0 Å². The van der Waals surface area contributed by atoms with E-state index in [1.807, 2.05) is 24.3 Å². The molecule has 3 aromatic heterocycles. The van der Waals surface area contributed by atoms with Gasteiger partial charge in [-0.3, -0.25) is 4.79 Å². The molecule has 1 aromatic carbocycles. The van der Waals surface area contributed by atoms with Gasteiger partial charge in [-0.15, -0.1) is 0 Å². The Hall–Kier alpha value is -3.55. The van der Waals surface area contributed by atoms with E-state index in [9.17, 15) is 4.79 Å². The van der Waals surface area contributed by atoms with Gasteiger partial charge in [0, 0.05) is 12.3 Å². The monoisotopic (exact) mass is 320 g/mol. The molecule has 0 atom stereocenters. The van der Waals surface area contributed by atoms with Gasteiger partial charge in [-0.05, 0) is 18.2 Å². The third-order valence-corrected chi connectivity index (χ3v) is 3.52. The second-order valence-electron chi connectivity index (χ2n) is 5.02. The third kappa shape index (κ3) is 2.39. The fourth-order valence-corrected chi connectivity index (χ4v) is 2.36. The van der Waals surface area contributed by atoms with Gasteiger partial charge in [0.15, 0.2) is 5.82 Å². The van der Waals surface area contributed by atoms with Crippen LogP contribution in [0.3, 0.4) is 0 Å². The molecule has 8 heteroatoms. The number of H-pyrrole nitrogens is 2. The maximum Gasteiger partial charge on any atom is 0.275 e. The van der Waals surface area contributed by atoms with Crippen LogP contribution in [-0.2, 0) is 0 Å². The number of aromatic amines is 2. The van der Waals surface area contributed by atoms with E-state index in [1.165, 1.54) is 7.11 Å². The Labute approximate surface area is 135 Å². The third-order valence-electron chi connectivity index (χ3n) is 3.52.